The summed E-state index contributed by atoms with van der Waals surface area (Å²) >= 11 is 6.64. The van der Waals surface area contributed by atoms with Crippen LogP contribution in [0.25, 0.3) is 32.9 Å². The van der Waals surface area contributed by atoms with Crippen molar-refractivity contribution in [2.45, 2.75) is 69.3 Å². The highest BCUT2D eigenvalue weighted by Crippen LogP contribution is 2.48. The smallest absolute Gasteiger partial charge is 0.319 e. The lowest BCUT2D eigenvalue weighted by Gasteiger charge is -2.46. The van der Waals surface area contributed by atoms with Crippen LogP contribution in [0.15, 0.2) is 36.4 Å². The normalized spacial score (nSPS) is 27.4. The minimum absolute atomic E-state index is 0.000705. The van der Waals surface area contributed by atoms with Gasteiger partial charge in [0.25, 0.3) is 5.92 Å². The Morgan fingerprint density at radius 2 is 1.95 bits per heavy atom. The van der Waals surface area contributed by atoms with Crippen LogP contribution in [0.3, 0.4) is 0 Å². The van der Waals surface area contributed by atoms with Gasteiger partial charge in [0.05, 0.1) is 30.9 Å². The molecule has 3 fully saturated rings. The molecule has 12 heteroatoms. The Morgan fingerprint density at radius 1 is 1.14 bits per heavy atom. The highest BCUT2D eigenvalue weighted by Gasteiger charge is 2.60. The summed E-state index contributed by atoms with van der Waals surface area (Å²) in [5.74, 6) is -2.76. The van der Waals surface area contributed by atoms with Gasteiger partial charge in [-0.25, -0.2) is 18.2 Å². The molecular formula is C32H32ClF3N6O2. The number of nitrogens with one attached hydrogen (secondary N) is 1. The van der Waals surface area contributed by atoms with Crippen LogP contribution in [-0.4, -0.2) is 75.9 Å². The number of hydrogen-bond acceptors (Lipinski definition) is 8. The Kier molecular flexibility index (Phi) is 6.42. The second kappa shape index (κ2) is 10.1. The van der Waals surface area contributed by atoms with Crippen molar-refractivity contribution in [2.24, 2.45) is 0 Å². The van der Waals surface area contributed by atoms with Crippen molar-refractivity contribution in [1.29, 1.82) is 0 Å². The predicted octanol–water partition coefficient (Wildman–Crippen LogP) is 6.19. The first kappa shape index (κ1) is 28.1. The number of anilines is 1. The zero-order valence-corrected chi connectivity index (χ0v) is 25.2. The monoisotopic (exact) mass is 624 g/mol. The summed E-state index contributed by atoms with van der Waals surface area (Å²) in [6, 6.07) is 11.2. The van der Waals surface area contributed by atoms with Crippen molar-refractivity contribution in [3.63, 3.8) is 0 Å². The molecule has 0 aliphatic carbocycles. The summed E-state index contributed by atoms with van der Waals surface area (Å²) in [5.41, 5.74) is -0.210. The molecule has 44 heavy (non-hydrogen) atoms. The first-order valence-corrected chi connectivity index (χ1v) is 15.6. The van der Waals surface area contributed by atoms with Crippen LogP contribution in [0.5, 0.6) is 11.9 Å². The Hall–Kier alpha value is -3.41. The van der Waals surface area contributed by atoms with Gasteiger partial charge in [0.2, 0.25) is 5.88 Å². The summed E-state index contributed by atoms with van der Waals surface area (Å²) in [4.78, 5) is 17.9. The molecule has 2 aromatic carbocycles. The number of hydrogen-bond donors (Lipinski definition) is 1. The molecule has 0 radical (unpaired) electrons. The molecule has 3 saturated heterocycles. The number of alkyl halides is 2. The van der Waals surface area contributed by atoms with Gasteiger partial charge in [0.1, 0.15) is 23.2 Å². The fraction of sp³-hybridized carbons (Fsp3) is 0.469. The minimum atomic E-state index is -2.77. The standard InChI is InChI=1S/C32H32ClF3N6O2/c1-3-19-12-17(2)44-29-24-27(25(34)26(38-29)20-8-4-6-18-7-5-9-21(33)23(18)20)39-30(40-28(24)42-13-22(42)37-19)43-16-31-10-11-41(31)15-32(35,36)14-31/h4-9,17,19,22,37H,3,10-16H2,1-2H3/t17-,19-,22+,31+,42?/m0/s1. The number of fused-ring (bicyclic) bond motifs is 4. The summed E-state index contributed by atoms with van der Waals surface area (Å²) in [7, 11) is 0. The average Bonchev–Trinajstić information content (AvgIpc) is 3.73. The molecule has 4 atom stereocenters. The number of halogens is 4. The van der Waals surface area contributed by atoms with E-state index >= 15 is 4.39 Å². The second-order valence-corrected chi connectivity index (χ2v) is 13.0. The quantitative estimate of drug-likeness (QED) is 0.264. The van der Waals surface area contributed by atoms with E-state index in [1.807, 2.05) is 36.1 Å². The van der Waals surface area contributed by atoms with Crippen molar-refractivity contribution in [2.75, 3.05) is 31.1 Å². The fourth-order valence-electron chi connectivity index (χ4n) is 7.17. The summed E-state index contributed by atoms with van der Waals surface area (Å²) in [6.45, 7) is 5.06. The van der Waals surface area contributed by atoms with Crippen molar-refractivity contribution < 1.29 is 22.6 Å². The van der Waals surface area contributed by atoms with Gasteiger partial charge in [-0.15, -0.1) is 0 Å². The number of aromatic nitrogens is 3. The number of ether oxygens (including phenoxy) is 2. The fourth-order valence-corrected chi connectivity index (χ4v) is 7.46. The molecule has 4 aromatic rings. The van der Waals surface area contributed by atoms with E-state index in [0.717, 1.165) is 18.2 Å². The SMILES string of the molecule is CC[C@H]1C[C@H](C)Oc2nc(-c3cccc4cccc(Cl)c34)c(F)c3nc(OC[C@]45CCN4CC(F)(F)C5)nc(c23)N2C[C@@H]2N1. The van der Waals surface area contributed by atoms with Gasteiger partial charge in [0.15, 0.2) is 11.6 Å². The molecule has 2 aromatic heterocycles. The van der Waals surface area contributed by atoms with Gasteiger partial charge >= 0.3 is 6.01 Å². The third-order valence-corrected chi connectivity index (χ3v) is 9.87. The van der Waals surface area contributed by atoms with Crippen molar-refractivity contribution in [1.82, 2.24) is 25.2 Å². The van der Waals surface area contributed by atoms with Gasteiger partial charge in [-0.2, -0.15) is 9.97 Å². The van der Waals surface area contributed by atoms with Gasteiger partial charge in [-0.1, -0.05) is 48.9 Å². The van der Waals surface area contributed by atoms with Crippen LogP contribution in [-0.2, 0) is 0 Å². The Labute approximate surface area is 257 Å². The van der Waals surface area contributed by atoms with E-state index in [0.29, 0.717) is 46.7 Å². The highest BCUT2D eigenvalue weighted by molar-refractivity contribution is 6.36. The lowest BCUT2D eigenvalue weighted by molar-refractivity contribution is -0.0132. The number of pyridine rings is 1. The van der Waals surface area contributed by atoms with Crippen LogP contribution in [0.1, 0.15) is 39.5 Å². The number of nitrogens with zero attached hydrogens (tertiary/aromatic N) is 5. The van der Waals surface area contributed by atoms with Crippen LogP contribution in [0.2, 0.25) is 5.02 Å². The molecule has 0 unspecified atom stereocenters. The van der Waals surface area contributed by atoms with E-state index in [-0.39, 0.29) is 61.0 Å². The Balaban J connectivity index is 1.30. The summed E-state index contributed by atoms with van der Waals surface area (Å²) < 4.78 is 58.0. The average molecular weight is 625 g/mol. The molecule has 0 saturated carbocycles. The summed E-state index contributed by atoms with van der Waals surface area (Å²) in [5, 5.41) is 5.98. The topological polar surface area (TPSA) is 75.4 Å². The van der Waals surface area contributed by atoms with E-state index < -0.39 is 17.3 Å². The van der Waals surface area contributed by atoms with Crippen LogP contribution in [0, 0.1) is 5.82 Å². The van der Waals surface area contributed by atoms with Gasteiger partial charge < -0.3 is 14.4 Å². The third kappa shape index (κ3) is 4.54. The molecule has 8 rings (SSSR count). The van der Waals surface area contributed by atoms with Crippen molar-refractivity contribution >= 4 is 39.1 Å². The molecule has 0 bridgehead atoms. The van der Waals surface area contributed by atoms with E-state index in [2.05, 4.69) is 17.2 Å². The molecule has 1 N–H and O–H groups in total. The maximum absolute atomic E-state index is 16.8. The molecule has 6 heterocycles. The van der Waals surface area contributed by atoms with Crippen molar-refractivity contribution in [3.8, 4) is 23.1 Å². The second-order valence-electron chi connectivity index (χ2n) is 12.6. The minimum Gasteiger partial charge on any atom is -0.474 e. The zero-order valence-electron chi connectivity index (χ0n) is 24.4. The molecule has 8 nitrogen and oxygen atoms in total. The largest absolute Gasteiger partial charge is 0.474 e. The Bertz CT molecular complexity index is 1800. The van der Waals surface area contributed by atoms with E-state index in [4.69, 9.17) is 31.0 Å². The third-order valence-electron chi connectivity index (χ3n) is 9.55. The molecule has 0 spiro atoms. The first-order valence-electron chi connectivity index (χ1n) is 15.2. The molecule has 4 aliphatic rings. The van der Waals surface area contributed by atoms with Crippen molar-refractivity contribution in [3.05, 3.63) is 47.2 Å². The first-order chi connectivity index (χ1) is 21.1. The highest BCUT2D eigenvalue weighted by atomic mass is 35.5. The van der Waals surface area contributed by atoms with Crippen LogP contribution in [0.4, 0.5) is 19.0 Å². The van der Waals surface area contributed by atoms with Gasteiger partial charge in [0, 0.05) is 35.0 Å². The van der Waals surface area contributed by atoms with Crippen LogP contribution < -0.4 is 19.7 Å². The molecule has 4 aliphatic heterocycles. The van der Waals surface area contributed by atoms with Crippen LogP contribution >= 0.6 is 11.6 Å². The maximum atomic E-state index is 16.8. The predicted molar refractivity (Wildman–Crippen MR) is 162 cm³/mol. The summed E-state index contributed by atoms with van der Waals surface area (Å²) in [6.07, 6.45) is 1.71. The van der Waals surface area contributed by atoms with E-state index in [1.54, 1.807) is 17.0 Å². The number of benzene rings is 2. The lowest BCUT2D eigenvalue weighted by Crippen LogP contribution is -2.59. The van der Waals surface area contributed by atoms with Gasteiger partial charge in [-0.05, 0) is 37.6 Å². The lowest BCUT2D eigenvalue weighted by atomic mass is 9.85. The maximum Gasteiger partial charge on any atom is 0.319 e. The molecular weight excluding hydrogens is 593 g/mol. The van der Waals surface area contributed by atoms with E-state index in [1.165, 1.54) is 0 Å². The Morgan fingerprint density at radius 3 is 2.70 bits per heavy atom. The van der Waals surface area contributed by atoms with E-state index in [9.17, 15) is 8.78 Å². The molecule has 230 valence electrons. The number of rotatable bonds is 5. The van der Waals surface area contributed by atoms with Gasteiger partial charge in [-0.3, -0.25) is 10.2 Å². The molecule has 0 amide bonds. The zero-order chi connectivity index (χ0) is 30.4.